The van der Waals surface area contributed by atoms with Crippen molar-refractivity contribution >= 4 is 0 Å². The average molecular weight is 274 g/mol. The van der Waals surface area contributed by atoms with E-state index in [1.165, 1.54) is 5.56 Å². The Morgan fingerprint density at radius 2 is 1.95 bits per heavy atom. The van der Waals surface area contributed by atoms with Gasteiger partial charge in [0.05, 0.1) is 18.0 Å². The smallest absolute Gasteiger partial charge is 0.119 e. The van der Waals surface area contributed by atoms with Gasteiger partial charge in [0.2, 0.25) is 0 Å². The van der Waals surface area contributed by atoms with Crippen LogP contribution in [-0.4, -0.2) is 28.1 Å². The quantitative estimate of drug-likeness (QED) is 0.783. The zero-order chi connectivity index (χ0) is 14.4. The molecular weight excluding hydrogens is 252 g/mol. The zero-order valence-electron chi connectivity index (χ0n) is 12.2. The lowest BCUT2D eigenvalue weighted by Gasteiger charge is -2.07. The van der Waals surface area contributed by atoms with Gasteiger partial charge in [-0.2, -0.15) is 0 Å². The van der Waals surface area contributed by atoms with Crippen molar-refractivity contribution in [3.05, 3.63) is 41.2 Å². The standard InChI is InChI=1S/C15H22N4O/c1-12-4-6-14(7-5-12)20-11-3-10-19-13(2)15(8-9-16)17-18-19/h4-7H,3,8-11,16H2,1-2H3. The second-order valence-corrected chi connectivity index (χ2v) is 4.90. The van der Waals surface area contributed by atoms with E-state index in [1.807, 2.05) is 23.7 Å². The predicted octanol–water partition coefficient (Wildman–Crippen LogP) is 1.87. The second kappa shape index (κ2) is 7.05. The summed E-state index contributed by atoms with van der Waals surface area (Å²) in [5.74, 6) is 0.912. The van der Waals surface area contributed by atoms with E-state index in [0.29, 0.717) is 13.2 Å². The second-order valence-electron chi connectivity index (χ2n) is 4.90. The molecule has 108 valence electrons. The molecule has 1 aromatic carbocycles. The first-order valence-electron chi connectivity index (χ1n) is 6.99. The number of aromatic nitrogens is 3. The molecule has 0 aliphatic carbocycles. The lowest BCUT2D eigenvalue weighted by Crippen LogP contribution is -2.08. The number of ether oxygens (including phenoxy) is 1. The number of hydrogen-bond donors (Lipinski definition) is 1. The predicted molar refractivity (Wildman–Crippen MR) is 78.8 cm³/mol. The highest BCUT2D eigenvalue weighted by molar-refractivity contribution is 5.26. The van der Waals surface area contributed by atoms with Crippen LogP contribution in [0.1, 0.15) is 23.4 Å². The molecule has 0 bridgehead atoms. The molecule has 5 nitrogen and oxygen atoms in total. The Labute approximate surface area is 119 Å². The molecule has 0 unspecified atom stereocenters. The van der Waals surface area contributed by atoms with Crippen LogP contribution in [0.2, 0.25) is 0 Å². The molecule has 0 saturated carbocycles. The molecule has 0 amide bonds. The molecule has 0 aliphatic rings. The lowest BCUT2D eigenvalue weighted by atomic mass is 10.2. The highest BCUT2D eigenvalue weighted by Crippen LogP contribution is 2.12. The fraction of sp³-hybridized carbons (Fsp3) is 0.467. The monoisotopic (exact) mass is 274 g/mol. The maximum absolute atomic E-state index is 5.70. The van der Waals surface area contributed by atoms with E-state index in [1.54, 1.807) is 0 Å². The Balaban J connectivity index is 1.77. The molecule has 0 aliphatic heterocycles. The van der Waals surface area contributed by atoms with Gasteiger partial charge in [-0.3, -0.25) is 0 Å². The Morgan fingerprint density at radius 1 is 1.20 bits per heavy atom. The summed E-state index contributed by atoms with van der Waals surface area (Å²) >= 11 is 0. The van der Waals surface area contributed by atoms with Crippen molar-refractivity contribution in [3.8, 4) is 5.75 Å². The van der Waals surface area contributed by atoms with Crippen LogP contribution in [-0.2, 0) is 13.0 Å². The molecule has 1 heterocycles. The summed E-state index contributed by atoms with van der Waals surface area (Å²) in [6, 6.07) is 8.09. The van der Waals surface area contributed by atoms with E-state index in [0.717, 1.165) is 36.5 Å². The minimum Gasteiger partial charge on any atom is -0.494 e. The van der Waals surface area contributed by atoms with Crippen LogP contribution >= 0.6 is 0 Å². The van der Waals surface area contributed by atoms with E-state index in [9.17, 15) is 0 Å². The van der Waals surface area contributed by atoms with E-state index in [4.69, 9.17) is 10.5 Å². The first-order chi connectivity index (χ1) is 9.70. The lowest BCUT2D eigenvalue weighted by molar-refractivity contribution is 0.297. The molecule has 1 aromatic heterocycles. The van der Waals surface area contributed by atoms with Gasteiger partial charge in [-0.15, -0.1) is 5.10 Å². The van der Waals surface area contributed by atoms with Gasteiger partial charge in [0, 0.05) is 19.4 Å². The van der Waals surface area contributed by atoms with Crippen LogP contribution in [0.15, 0.2) is 24.3 Å². The summed E-state index contributed by atoms with van der Waals surface area (Å²) in [6.07, 6.45) is 1.69. The Bertz CT molecular complexity index is 533. The SMILES string of the molecule is Cc1ccc(OCCCn2nnc(CCN)c2C)cc1. The van der Waals surface area contributed by atoms with E-state index < -0.39 is 0 Å². The number of nitrogens with zero attached hydrogens (tertiary/aromatic N) is 3. The van der Waals surface area contributed by atoms with E-state index in [2.05, 4.69) is 29.4 Å². The normalized spacial score (nSPS) is 10.8. The molecule has 0 saturated heterocycles. The van der Waals surface area contributed by atoms with Crippen molar-refractivity contribution in [3.63, 3.8) is 0 Å². The summed E-state index contributed by atoms with van der Waals surface area (Å²) < 4.78 is 7.62. The largest absolute Gasteiger partial charge is 0.494 e. The zero-order valence-corrected chi connectivity index (χ0v) is 12.2. The molecule has 2 rings (SSSR count). The van der Waals surface area contributed by atoms with Crippen molar-refractivity contribution in [2.24, 2.45) is 5.73 Å². The van der Waals surface area contributed by atoms with Gasteiger partial charge in [-0.25, -0.2) is 4.68 Å². The molecule has 0 fully saturated rings. The van der Waals surface area contributed by atoms with E-state index in [-0.39, 0.29) is 0 Å². The molecule has 20 heavy (non-hydrogen) atoms. The fourth-order valence-corrected chi connectivity index (χ4v) is 2.02. The topological polar surface area (TPSA) is 66.0 Å². The van der Waals surface area contributed by atoms with Crippen LogP contribution in [0.4, 0.5) is 0 Å². The maximum Gasteiger partial charge on any atom is 0.119 e. The van der Waals surface area contributed by atoms with Gasteiger partial charge in [-0.05, 0) is 32.5 Å². The van der Waals surface area contributed by atoms with Gasteiger partial charge in [-0.1, -0.05) is 22.9 Å². The first-order valence-corrected chi connectivity index (χ1v) is 6.99. The summed E-state index contributed by atoms with van der Waals surface area (Å²) in [4.78, 5) is 0. The highest BCUT2D eigenvalue weighted by atomic mass is 16.5. The Morgan fingerprint density at radius 3 is 2.65 bits per heavy atom. The number of rotatable bonds is 7. The number of hydrogen-bond acceptors (Lipinski definition) is 4. The number of aryl methyl sites for hydroxylation is 2. The Kier molecular flexibility index (Phi) is 5.12. The number of benzene rings is 1. The van der Waals surface area contributed by atoms with Gasteiger partial charge in [0.15, 0.2) is 0 Å². The maximum atomic E-state index is 5.70. The fourth-order valence-electron chi connectivity index (χ4n) is 2.02. The molecular formula is C15H22N4O. The van der Waals surface area contributed by atoms with Crippen LogP contribution in [0.25, 0.3) is 0 Å². The molecule has 0 atom stereocenters. The Hall–Kier alpha value is -1.88. The minimum absolute atomic E-state index is 0.607. The minimum atomic E-state index is 0.607. The van der Waals surface area contributed by atoms with Crippen molar-refractivity contribution in [2.75, 3.05) is 13.2 Å². The van der Waals surface area contributed by atoms with Crippen molar-refractivity contribution in [1.82, 2.24) is 15.0 Å². The van der Waals surface area contributed by atoms with E-state index >= 15 is 0 Å². The molecule has 2 aromatic rings. The van der Waals surface area contributed by atoms with Crippen molar-refractivity contribution < 1.29 is 4.74 Å². The third kappa shape index (κ3) is 3.81. The number of nitrogens with two attached hydrogens (primary N) is 1. The summed E-state index contributed by atoms with van der Waals surface area (Å²) in [7, 11) is 0. The van der Waals surface area contributed by atoms with Gasteiger partial charge in [0.25, 0.3) is 0 Å². The van der Waals surface area contributed by atoms with Gasteiger partial charge < -0.3 is 10.5 Å². The third-order valence-corrected chi connectivity index (χ3v) is 3.26. The van der Waals surface area contributed by atoms with Crippen LogP contribution < -0.4 is 10.5 Å². The molecule has 0 spiro atoms. The summed E-state index contributed by atoms with van der Waals surface area (Å²) in [6.45, 7) is 6.20. The van der Waals surface area contributed by atoms with Gasteiger partial charge >= 0.3 is 0 Å². The van der Waals surface area contributed by atoms with Gasteiger partial charge in [0.1, 0.15) is 5.75 Å². The average Bonchev–Trinajstić information content (AvgIpc) is 2.79. The highest BCUT2D eigenvalue weighted by Gasteiger charge is 2.07. The molecule has 2 N–H and O–H groups in total. The summed E-state index contributed by atoms with van der Waals surface area (Å²) in [5, 5.41) is 8.29. The first kappa shape index (κ1) is 14.5. The molecule has 0 radical (unpaired) electrons. The van der Waals surface area contributed by atoms with Crippen molar-refractivity contribution in [2.45, 2.75) is 33.2 Å². The van der Waals surface area contributed by atoms with Crippen LogP contribution in [0.3, 0.4) is 0 Å². The summed E-state index contributed by atoms with van der Waals surface area (Å²) in [5.41, 5.74) is 8.87. The van der Waals surface area contributed by atoms with Crippen LogP contribution in [0.5, 0.6) is 5.75 Å². The van der Waals surface area contributed by atoms with Crippen molar-refractivity contribution in [1.29, 1.82) is 0 Å². The molecule has 5 heteroatoms. The third-order valence-electron chi connectivity index (χ3n) is 3.26. The van der Waals surface area contributed by atoms with Crippen LogP contribution in [0, 0.1) is 13.8 Å².